The van der Waals surface area contributed by atoms with Crippen LogP contribution in [0.4, 0.5) is 16.0 Å². The molecule has 0 bridgehead atoms. The lowest BCUT2D eigenvalue weighted by molar-refractivity contribution is 0.0960. The first-order valence-corrected chi connectivity index (χ1v) is 9.48. The van der Waals surface area contributed by atoms with E-state index in [4.69, 9.17) is 4.74 Å². The highest BCUT2D eigenvalue weighted by atomic mass is 19.1. The van der Waals surface area contributed by atoms with E-state index in [1.807, 2.05) is 26.0 Å². The van der Waals surface area contributed by atoms with Crippen LogP contribution in [0.15, 0.2) is 36.7 Å². The Morgan fingerprint density at radius 1 is 1.26 bits per heavy atom. The molecule has 0 radical (unpaired) electrons. The Morgan fingerprint density at radius 3 is 2.87 bits per heavy atom. The van der Waals surface area contributed by atoms with Gasteiger partial charge in [-0.05, 0) is 38.1 Å². The predicted molar refractivity (Wildman–Crippen MR) is 115 cm³/mol. The fourth-order valence-electron chi connectivity index (χ4n) is 3.13. The van der Waals surface area contributed by atoms with Gasteiger partial charge in [-0.3, -0.25) is 9.89 Å². The number of amides is 1. The monoisotopic (exact) mass is 421 g/mol. The van der Waals surface area contributed by atoms with Crippen molar-refractivity contribution in [3.63, 3.8) is 0 Å². The highest BCUT2D eigenvalue weighted by molar-refractivity contribution is 6.01. The minimum absolute atomic E-state index is 0.0188. The number of aromatic nitrogens is 5. The molecular weight excluding hydrogens is 401 g/mol. The van der Waals surface area contributed by atoms with Gasteiger partial charge in [0.2, 0.25) is 5.88 Å². The number of anilines is 2. The Bertz CT molecular complexity index is 1290. The molecule has 0 unspecified atom stereocenters. The number of H-pyrrole nitrogens is 2. The fourth-order valence-corrected chi connectivity index (χ4v) is 3.13. The SMILES string of the molecule is C/C=C/c1cc(Nc2ncnc(Oc3ccc4[nH]c(C)cc4c3F)c2C(=O)NC)n[nH]1. The molecule has 31 heavy (non-hydrogen) atoms. The highest BCUT2D eigenvalue weighted by Crippen LogP contribution is 2.33. The first-order valence-electron chi connectivity index (χ1n) is 9.48. The number of halogens is 1. The lowest BCUT2D eigenvalue weighted by Gasteiger charge is -2.13. The smallest absolute Gasteiger partial charge is 0.260 e. The number of ether oxygens (including phenoxy) is 1. The van der Waals surface area contributed by atoms with E-state index < -0.39 is 11.7 Å². The van der Waals surface area contributed by atoms with Gasteiger partial charge in [0.1, 0.15) is 11.9 Å². The molecular formula is C21H20FN7O2. The average molecular weight is 421 g/mol. The third-order valence-corrected chi connectivity index (χ3v) is 4.50. The van der Waals surface area contributed by atoms with E-state index in [1.165, 1.54) is 19.4 Å². The molecule has 0 atom stereocenters. The maximum atomic E-state index is 15.0. The van der Waals surface area contributed by atoms with Gasteiger partial charge in [-0.15, -0.1) is 0 Å². The zero-order valence-corrected chi connectivity index (χ0v) is 17.1. The number of hydrogen-bond acceptors (Lipinski definition) is 6. The zero-order valence-electron chi connectivity index (χ0n) is 17.1. The number of hydrogen-bond donors (Lipinski definition) is 4. The Kier molecular flexibility index (Phi) is 5.35. The number of nitrogens with zero attached hydrogens (tertiary/aromatic N) is 3. The summed E-state index contributed by atoms with van der Waals surface area (Å²) in [7, 11) is 1.47. The molecule has 0 spiro atoms. The van der Waals surface area contributed by atoms with Crippen LogP contribution in [0, 0.1) is 12.7 Å². The topological polar surface area (TPSA) is 121 Å². The van der Waals surface area contributed by atoms with Crippen LogP contribution in [0.5, 0.6) is 11.6 Å². The Morgan fingerprint density at radius 2 is 2.10 bits per heavy atom. The van der Waals surface area contributed by atoms with Crippen molar-refractivity contribution in [3.05, 3.63) is 59.4 Å². The van der Waals surface area contributed by atoms with Gasteiger partial charge in [-0.2, -0.15) is 5.10 Å². The molecule has 3 heterocycles. The summed E-state index contributed by atoms with van der Waals surface area (Å²) in [6, 6.07) is 6.61. The zero-order chi connectivity index (χ0) is 22.0. The highest BCUT2D eigenvalue weighted by Gasteiger charge is 2.22. The quantitative estimate of drug-likeness (QED) is 0.373. The summed E-state index contributed by atoms with van der Waals surface area (Å²) < 4.78 is 20.7. The van der Waals surface area contributed by atoms with Crippen LogP contribution in [-0.4, -0.2) is 38.1 Å². The van der Waals surface area contributed by atoms with Crippen LogP contribution in [0.2, 0.25) is 0 Å². The number of fused-ring (bicyclic) bond motifs is 1. The molecule has 4 aromatic rings. The van der Waals surface area contributed by atoms with E-state index >= 15 is 0 Å². The normalized spacial score (nSPS) is 11.2. The van der Waals surface area contributed by atoms with Gasteiger partial charge in [-0.1, -0.05) is 6.08 Å². The maximum Gasteiger partial charge on any atom is 0.260 e. The molecule has 0 saturated heterocycles. The summed E-state index contributed by atoms with van der Waals surface area (Å²) in [5.74, 6) is -0.592. The van der Waals surface area contributed by atoms with E-state index in [0.29, 0.717) is 16.7 Å². The number of benzene rings is 1. The summed E-state index contributed by atoms with van der Waals surface area (Å²) in [6.07, 6.45) is 4.93. The summed E-state index contributed by atoms with van der Waals surface area (Å²) in [4.78, 5) is 23.9. The van der Waals surface area contributed by atoms with Crippen molar-refractivity contribution in [3.8, 4) is 11.6 Å². The summed E-state index contributed by atoms with van der Waals surface area (Å²) >= 11 is 0. The van der Waals surface area contributed by atoms with Crippen LogP contribution in [0.1, 0.15) is 28.7 Å². The lowest BCUT2D eigenvalue weighted by atomic mass is 10.2. The van der Waals surface area contributed by atoms with Gasteiger partial charge in [0.25, 0.3) is 5.91 Å². The van der Waals surface area contributed by atoms with Crippen molar-refractivity contribution in [2.24, 2.45) is 0 Å². The minimum atomic E-state index is -0.555. The molecule has 3 aromatic heterocycles. The second-order valence-corrected chi connectivity index (χ2v) is 6.71. The van der Waals surface area contributed by atoms with Crippen LogP contribution < -0.4 is 15.4 Å². The molecule has 0 saturated carbocycles. The average Bonchev–Trinajstić information content (AvgIpc) is 3.36. The van der Waals surface area contributed by atoms with Crippen LogP contribution in [-0.2, 0) is 0 Å². The molecule has 10 heteroatoms. The molecule has 0 aliphatic heterocycles. The summed E-state index contributed by atoms with van der Waals surface area (Å²) in [5.41, 5.74) is 2.26. The standard InChI is InChI=1S/C21H20FN7O2/c1-4-5-12-9-16(29-28-12)27-19-17(20(30)23-3)21(25-10-24-19)31-15-7-6-14-13(18(15)22)8-11(2)26-14/h4-10,26H,1-3H3,(H,23,30)(H2,24,25,27,28,29)/b5-4+. The molecule has 1 amide bonds. The Labute approximate surface area is 176 Å². The first kappa shape index (κ1) is 20.1. The molecule has 158 valence electrons. The molecule has 0 fully saturated rings. The number of aryl methyl sites for hydroxylation is 1. The fraction of sp³-hybridized carbons (Fsp3) is 0.143. The number of aromatic amines is 2. The van der Waals surface area contributed by atoms with Crippen molar-refractivity contribution in [1.82, 2.24) is 30.5 Å². The van der Waals surface area contributed by atoms with Crippen molar-refractivity contribution in [1.29, 1.82) is 0 Å². The second-order valence-electron chi connectivity index (χ2n) is 6.71. The second kappa shape index (κ2) is 8.27. The van der Waals surface area contributed by atoms with Gasteiger partial charge in [0.15, 0.2) is 23.2 Å². The van der Waals surface area contributed by atoms with E-state index in [2.05, 4.69) is 35.8 Å². The Hall–Kier alpha value is -4.21. The van der Waals surface area contributed by atoms with E-state index in [0.717, 1.165) is 11.4 Å². The predicted octanol–water partition coefficient (Wildman–Crippen LogP) is 4.06. The molecule has 0 aliphatic carbocycles. The third kappa shape index (κ3) is 3.95. The minimum Gasteiger partial charge on any atom is -0.435 e. The lowest BCUT2D eigenvalue weighted by Crippen LogP contribution is -2.21. The molecule has 9 nitrogen and oxygen atoms in total. The summed E-state index contributed by atoms with van der Waals surface area (Å²) in [6.45, 7) is 3.72. The maximum absolute atomic E-state index is 15.0. The number of allylic oxidation sites excluding steroid dienone is 1. The van der Waals surface area contributed by atoms with E-state index in [1.54, 1.807) is 18.2 Å². The van der Waals surface area contributed by atoms with Crippen LogP contribution in [0.25, 0.3) is 17.0 Å². The number of nitrogens with one attached hydrogen (secondary N) is 4. The molecule has 4 rings (SSSR count). The van der Waals surface area contributed by atoms with Gasteiger partial charge < -0.3 is 20.4 Å². The van der Waals surface area contributed by atoms with Gasteiger partial charge >= 0.3 is 0 Å². The molecule has 1 aromatic carbocycles. The first-order chi connectivity index (χ1) is 15.0. The third-order valence-electron chi connectivity index (χ3n) is 4.50. The van der Waals surface area contributed by atoms with Gasteiger partial charge in [0.05, 0.1) is 5.69 Å². The van der Waals surface area contributed by atoms with Crippen LogP contribution in [0.3, 0.4) is 0 Å². The largest absolute Gasteiger partial charge is 0.435 e. The van der Waals surface area contributed by atoms with Crippen molar-refractivity contribution in [2.75, 3.05) is 12.4 Å². The van der Waals surface area contributed by atoms with E-state index in [-0.39, 0.29) is 23.0 Å². The van der Waals surface area contributed by atoms with Gasteiger partial charge in [-0.25, -0.2) is 14.4 Å². The van der Waals surface area contributed by atoms with Gasteiger partial charge in [0, 0.05) is 29.7 Å². The van der Waals surface area contributed by atoms with Crippen molar-refractivity contribution >= 4 is 34.5 Å². The van der Waals surface area contributed by atoms with Crippen molar-refractivity contribution < 1.29 is 13.9 Å². The number of carbonyl (C=O) groups excluding carboxylic acids is 1. The number of rotatable bonds is 6. The number of carbonyl (C=O) groups is 1. The van der Waals surface area contributed by atoms with Crippen molar-refractivity contribution in [2.45, 2.75) is 13.8 Å². The van der Waals surface area contributed by atoms with E-state index in [9.17, 15) is 9.18 Å². The summed E-state index contributed by atoms with van der Waals surface area (Å²) in [5, 5.41) is 12.9. The molecule has 0 aliphatic rings. The van der Waals surface area contributed by atoms with Crippen LogP contribution >= 0.6 is 0 Å². The Balaban J connectivity index is 1.73. The molecule has 4 N–H and O–H groups in total.